The number of hydrogen-bond donors (Lipinski definition) is 2. The molecule has 0 bridgehead atoms. The van der Waals surface area contributed by atoms with Gasteiger partial charge in [0.15, 0.2) is 5.69 Å². The lowest BCUT2D eigenvalue weighted by atomic mass is 10.2. The van der Waals surface area contributed by atoms with E-state index in [0.29, 0.717) is 5.69 Å². The van der Waals surface area contributed by atoms with Crippen molar-refractivity contribution >= 4 is 5.91 Å². The molecule has 0 saturated carbocycles. The molecule has 0 radical (unpaired) electrons. The zero-order chi connectivity index (χ0) is 14.0. The van der Waals surface area contributed by atoms with Gasteiger partial charge in [-0.2, -0.15) is 0 Å². The number of amides is 1. The lowest BCUT2D eigenvalue weighted by Gasteiger charge is -2.06. The number of carbonyl (C=O) groups is 1. The fraction of sp³-hybridized carbons (Fsp3) is 0.182. The molecule has 1 aromatic heterocycles. The van der Waals surface area contributed by atoms with Crippen LogP contribution in [0.2, 0.25) is 0 Å². The Morgan fingerprint density at radius 3 is 2.63 bits per heavy atom. The van der Waals surface area contributed by atoms with Crippen molar-refractivity contribution in [2.75, 3.05) is 0 Å². The van der Waals surface area contributed by atoms with Crippen molar-refractivity contribution in [2.45, 2.75) is 13.5 Å². The molecule has 3 N–H and O–H groups in total. The maximum atomic E-state index is 13.5. The number of benzene rings is 1. The molecule has 2 rings (SSSR count). The molecule has 6 nitrogen and oxygen atoms in total. The number of halogens is 2. The Morgan fingerprint density at radius 2 is 2.05 bits per heavy atom. The van der Waals surface area contributed by atoms with Gasteiger partial charge in [-0.1, -0.05) is 11.3 Å². The van der Waals surface area contributed by atoms with E-state index < -0.39 is 17.5 Å². The second-order valence-corrected chi connectivity index (χ2v) is 3.85. The van der Waals surface area contributed by atoms with Crippen LogP contribution in [0.25, 0.3) is 0 Å². The Hall–Kier alpha value is -2.35. The van der Waals surface area contributed by atoms with E-state index in [9.17, 15) is 13.6 Å². The van der Waals surface area contributed by atoms with E-state index in [4.69, 9.17) is 5.84 Å². The maximum absolute atomic E-state index is 13.5. The van der Waals surface area contributed by atoms with Gasteiger partial charge in [-0.3, -0.25) is 10.2 Å². The van der Waals surface area contributed by atoms with Crippen LogP contribution in [0.4, 0.5) is 8.78 Å². The number of hydrazine groups is 1. The molecule has 1 amide bonds. The number of carbonyl (C=O) groups excluding carboxylic acids is 1. The van der Waals surface area contributed by atoms with E-state index in [1.807, 2.05) is 5.43 Å². The van der Waals surface area contributed by atoms with E-state index in [2.05, 4.69) is 10.3 Å². The third-order valence-corrected chi connectivity index (χ3v) is 2.70. The van der Waals surface area contributed by atoms with E-state index in [0.717, 1.165) is 12.1 Å². The highest BCUT2D eigenvalue weighted by molar-refractivity contribution is 5.92. The molecule has 0 aliphatic rings. The largest absolute Gasteiger partial charge is 0.289 e. The summed E-state index contributed by atoms with van der Waals surface area (Å²) in [5.74, 6) is 3.01. The first kappa shape index (κ1) is 13.1. The Balaban J connectivity index is 2.35. The second kappa shape index (κ2) is 5.11. The van der Waals surface area contributed by atoms with Gasteiger partial charge in [0.25, 0.3) is 5.91 Å². The molecule has 100 valence electrons. The average molecular weight is 267 g/mol. The summed E-state index contributed by atoms with van der Waals surface area (Å²) in [6.07, 6.45) is 0. The number of nitrogens with zero attached hydrogens (tertiary/aromatic N) is 3. The van der Waals surface area contributed by atoms with Crippen LogP contribution in [0.5, 0.6) is 0 Å². The lowest BCUT2D eigenvalue weighted by molar-refractivity contribution is 0.0948. The van der Waals surface area contributed by atoms with Crippen molar-refractivity contribution in [3.05, 3.63) is 46.8 Å². The van der Waals surface area contributed by atoms with Crippen LogP contribution >= 0.6 is 0 Å². The predicted molar refractivity (Wildman–Crippen MR) is 61.9 cm³/mol. The van der Waals surface area contributed by atoms with Crippen LogP contribution in [-0.2, 0) is 6.54 Å². The van der Waals surface area contributed by atoms with Crippen LogP contribution in [0, 0.1) is 18.6 Å². The van der Waals surface area contributed by atoms with Crippen LogP contribution in [-0.4, -0.2) is 20.9 Å². The van der Waals surface area contributed by atoms with Gasteiger partial charge in [0.05, 0.1) is 12.2 Å². The molecule has 0 saturated heterocycles. The molecule has 2 aromatic rings. The molecule has 1 heterocycles. The summed E-state index contributed by atoms with van der Waals surface area (Å²) in [7, 11) is 0. The monoisotopic (exact) mass is 267 g/mol. The lowest BCUT2D eigenvalue weighted by Crippen LogP contribution is -2.31. The Kier molecular flexibility index (Phi) is 3.52. The first-order chi connectivity index (χ1) is 9.04. The van der Waals surface area contributed by atoms with Gasteiger partial charge in [-0.15, -0.1) is 5.10 Å². The van der Waals surface area contributed by atoms with E-state index in [1.165, 1.54) is 10.7 Å². The highest BCUT2D eigenvalue weighted by Gasteiger charge is 2.17. The van der Waals surface area contributed by atoms with Gasteiger partial charge < -0.3 is 0 Å². The quantitative estimate of drug-likeness (QED) is 0.482. The summed E-state index contributed by atoms with van der Waals surface area (Å²) in [4.78, 5) is 11.3. The average Bonchev–Trinajstić information content (AvgIpc) is 2.75. The smallest absolute Gasteiger partial charge is 0.287 e. The summed E-state index contributed by atoms with van der Waals surface area (Å²) in [6.45, 7) is 1.40. The standard InChI is InChI=1S/C11H11F2N5O/c1-6-10(11(19)15-14)16-17-18(6)5-7-8(12)3-2-4-9(7)13/h2-4H,5,14H2,1H3,(H,15,19). The van der Waals surface area contributed by atoms with Crippen LogP contribution < -0.4 is 11.3 Å². The van der Waals surface area contributed by atoms with Crippen LogP contribution in [0.15, 0.2) is 18.2 Å². The molecule has 1 aromatic carbocycles. The number of nitrogen functional groups attached to an aromatic ring is 1. The molecule has 0 aliphatic heterocycles. The fourth-order valence-corrected chi connectivity index (χ4v) is 1.62. The molecule has 0 fully saturated rings. The molecule has 0 aliphatic carbocycles. The molecule has 0 unspecified atom stereocenters. The minimum absolute atomic E-state index is 0.0132. The summed E-state index contributed by atoms with van der Waals surface area (Å²) in [5.41, 5.74) is 2.16. The van der Waals surface area contributed by atoms with Gasteiger partial charge in [-0.05, 0) is 19.1 Å². The highest BCUT2D eigenvalue weighted by atomic mass is 19.1. The Morgan fingerprint density at radius 1 is 1.42 bits per heavy atom. The first-order valence-corrected chi connectivity index (χ1v) is 5.38. The third-order valence-electron chi connectivity index (χ3n) is 2.70. The van der Waals surface area contributed by atoms with Crippen molar-refractivity contribution in [1.29, 1.82) is 0 Å². The minimum atomic E-state index is -0.681. The number of hydrogen-bond acceptors (Lipinski definition) is 4. The zero-order valence-electron chi connectivity index (χ0n) is 10.0. The molecule has 0 spiro atoms. The second-order valence-electron chi connectivity index (χ2n) is 3.85. The third kappa shape index (κ3) is 2.43. The number of nitrogens with one attached hydrogen (secondary N) is 1. The minimum Gasteiger partial charge on any atom is -0.289 e. The summed E-state index contributed by atoms with van der Waals surface area (Å²) >= 11 is 0. The van der Waals surface area contributed by atoms with E-state index in [-0.39, 0.29) is 17.8 Å². The summed E-state index contributed by atoms with van der Waals surface area (Å²) < 4.78 is 28.2. The molecule has 8 heteroatoms. The normalized spacial score (nSPS) is 10.5. The molecular formula is C11H11F2N5O. The highest BCUT2D eigenvalue weighted by Crippen LogP contribution is 2.14. The molecule has 19 heavy (non-hydrogen) atoms. The van der Waals surface area contributed by atoms with E-state index >= 15 is 0 Å². The SMILES string of the molecule is Cc1c(C(=O)NN)nnn1Cc1c(F)cccc1F. The molecular weight excluding hydrogens is 256 g/mol. The van der Waals surface area contributed by atoms with Gasteiger partial charge in [0.2, 0.25) is 0 Å². The van der Waals surface area contributed by atoms with Crippen LogP contribution in [0.1, 0.15) is 21.7 Å². The fourth-order valence-electron chi connectivity index (χ4n) is 1.62. The summed E-state index contributed by atoms with van der Waals surface area (Å²) in [6, 6.07) is 3.58. The van der Waals surface area contributed by atoms with Crippen molar-refractivity contribution < 1.29 is 13.6 Å². The van der Waals surface area contributed by atoms with Gasteiger partial charge in [0, 0.05) is 5.56 Å². The summed E-state index contributed by atoms with van der Waals surface area (Å²) in [5, 5.41) is 7.30. The van der Waals surface area contributed by atoms with Gasteiger partial charge >= 0.3 is 0 Å². The van der Waals surface area contributed by atoms with E-state index in [1.54, 1.807) is 6.92 Å². The Labute approximate surface area is 107 Å². The van der Waals surface area contributed by atoms with Gasteiger partial charge in [-0.25, -0.2) is 19.3 Å². The van der Waals surface area contributed by atoms with Gasteiger partial charge in [0.1, 0.15) is 11.6 Å². The molecule has 0 atom stereocenters. The Bertz CT molecular complexity index is 605. The van der Waals surface area contributed by atoms with Crippen molar-refractivity contribution in [3.8, 4) is 0 Å². The van der Waals surface area contributed by atoms with Crippen molar-refractivity contribution in [3.63, 3.8) is 0 Å². The first-order valence-electron chi connectivity index (χ1n) is 5.38. The number of nitrogens with two attached hydrogens (primary N) is 1. The van der Waals surface area contributed by atoms with Crippen molar-refractivity contribution in [1.82, 2.24) is 20.4 Å². The number of rotatable bonds is 3. The van der Waals surface area contributed by atoms with Crippen LogP contribution in [0.3, 0.4) is 0 Å². The zero-order valence-corrected chi connectivity index (χ0v) is 10.0. The van der Waals surface area contributed by atoms with Crippen molar-refractivity contribution in [2.24, 2.45) is 5.84 Å². The maximum Gasteiger partial charge on any atom is 0.287 e. The topological polar surface area (TPSA) is 85.8 Å². The predicted octanol–water partition coefficient (Wildman–Crippen LogP) is 0.517. The number of aromatic nitrogens is 3.